The summed E-state index contributed by atoms with van der Waals surface area (Å²) in [7, 11) is 0. The molecule has 3 aromatic rings. The van der Waals surface area contributed by atoms with Crippen LogP contribution in [-0.4, -0.2) is 75.5 Å². The second-order valence-corrected chi connectivity index (χ2v) is 19.8. The molecule has 0 aliphatic rings. The van der Waals surface area contributed by atoms with Crippen LogP contribution in [0, 0.1) is 35.5 Å². The van der Waals surface area contributed by atoms with E-state index in [2.05, 4.69) is 41.5 Å². The topological polar surface area (TPSA) is 158 Å². The van der Waals surface area contributed by atoms with Crippen molar-refractivity contribution in [2.75, 3.05) is 39.6 Å². The molecule has 0 fully saturated rings. The van der Waals surface area contributed by atoms with Crippen LogP contribution in [0.3, 0.4) is 0 Å². The Morgan fingerprint density at radius 1 is 0.306 bits per heavy atom. The van der Waals surface area contributed by atoms with Gasteiger partial charge in [-0.15, -0.1) is 0 Å². The molecule has 3 atom stereocenters. The SMILES string of the molecule is CC(C)COC(=O)c1ccc(C(=O)OCC(C)C)cc1.CCCCC(CC)COC(=O)c1ccc(C(=O)OCC(C)C)cc1.CCCCC(CC)COC(=O)c1ccc(C(=O)OCC(CC)CCCC)cc1. The minimum absolute atomic E-state index is 0.294. The van der Waals surface area contributed by atoms with Crippen LogP contribution in [0.4, 0.5) is 0 Å². The van der Waals surface area contributed by atoms with Gasteiger partial charge in [-0.2, -0.15) is 0 Å². The summed E-state index contributed by atoms with van der Waals surface area (Å²) in [5.74, 6) is 0.00800. The van der Waals surface area contributed by atoms with Gasteiger partial charge in [0.25, 0.3) is 0 Å². The Morgan fingerprint density at radius 2 is 0.472 bits per heavy atom. The lowest BCUT2D eigenvalue weighted by molar-refractivity contribution is 0.0414. The second kappa shape index (κ2) is 38.1. The molecule has 0 saturated carbocycles. The molecule has 72 heavy (non-hydrogen) atoms. The fourth-order valence-corrected chi connectivity index (χ4v) is 6.73. The van der Waals surface area contributed by atoms with Crippen LogP contribution in [0.15, 0.2) is 72.8 Å². The molecule has 0 heterocycles. The van der Waals surface area contributed by atoms with Gasteiger partial charge in [-0.3, -0.25) is 0 Å². The van der Waals surface area contributed by atoms with Crippen molar-refractivity contribution in [3.05, 3.63) is 106 Å². The minimum atomic E-state index is -0.374. The van der Waals surface area contributed by atoms with Gasteiger partial charge in [-0.1, -0.05) is 141 Å². The van der Waals surface area contributed by atoms with E-state index in [0.717, 1.165) is 77.0 Å². The van der Waals surface area contributed by atoms with Gasteiger partial charge in [-0.25, -0.2) is 28.8 Å². The number of benzene rings is 3. The first-order valence-electron chi connectivity index (χ1n) is 26.8. The molecule has 0 aromatic heterocycles. The second-order valence-electron chi connectivity index (χ2n) is 19.8. The summed E-state index contributed by atoms with van der Waals surface area (Å²) < 4.78 is 31.7. The molecule has 0 aliphatic carbocycles. The van der Waals surface area contributed by atoms with Crippen molar-refractivity contribution in [1.82, 2.24) is 0 Å². The number of esters is 6. The smallest absolute Gasteiger partial charge is 0.338 e. The summed E-state index contributed by atoms with van der Waals surface area (Å²) in [5, 5.41) is 0. The average Bonchev–Trinajstić information content (AvgIpc) is 3.39. The first-order valence-corrected chi connectivity index (χ1v) is 26.8. The van der Waals surface area contributed by atoms with E-state index in [4.69, 9.17) is 28.4 Å². The third kappa shape index (κ3) is 27.9. The van der Waals surface area contributed by atoms with Gasteiger partial charge in [0.05, 0.1) is 73.0 Å². The van der Waals surface area contributed by atoms with Crippen LogP contribution >= 0.6 is 0 Å². The first kappa shape index (κ1) is 64.5. The lowest BCUT2D eigenvalue weighted by Gasteiger charge is -2.15. The first-order chi connectivity index (χ1) is 34.4. The average molecular weight is 1000 g/mol. The standard InChI is InChI=1S/C24H38O4.C20H30O4.C16H22O4/c1-5-9-11-19(7-3)17-27-23(25)21-13-15-22(16-14-21)24(26)28-18-20(8-4)12-10-6-2;1-5-7-8-16(6-2)14-24-20(22)18-11-9-17(10-12-18)19(21)23-13-15(3)4;1-11(2)9-19-15(17)13-5-7-14(8-6-13)16(18)20-10-12(3)4/h13-16,19-20H,5-12,17-18H2,1-4H3;9-12,15-16H,5-8,13-14H2,1-4H3;5-8,11-12H,9-10H2,1-4H3. The number of carbonyl (C=O) groups is 6. The molecule has 0 amide bonds. The van der Waals surface area contributed by atoms with E-state index < -0.39 is 0 Å². The molecule has 12 heteroatoms. The van der Waals surface area contributed by atoms with Crippen molar-refractivity contribution in [3.63, 3.8) is 0 Å². The van der Waals surface area contributed by atoms with Crippen LogP contribution in [0.2, 0.25) is 0 Å². The Morgan fingerprint density at radius 3 is 0.611 bits per heavy atom. The Bertz CT molecular complexity index is 1870. The molecule has 0 bridgehead atoms. The Labute approximate surface area is 433 Å². The summed E-state index contributed by atoms with van der Waals surface area (Å²) >= 11 is 0. The van der Waals surface area contributed by atoms with Crippen molar-refractivity contribution in [1.29, 1.82) is 0 Å². The highest BCUT2D eigenvalue weighted by Crippen LogP contribution is 2.18. The summed E-state index contributed by atoms with van der Waals surface area (Å²) in [6, 6.07) is 19.3. The van der Waals surface area contributed by atoms with Crippen molar-refractivity contribution in [2.45, 2.75) is 160 Å². The zero-order valence-electron chi connectivity index (χ0n) is 46.0. The van der Waals surface area contributed by atoms with Gasteiger partial charge in [0, 0.05) is 0 Å². The number of hydrogen-bond donors (Lipinski definition) is 0. The molecule has 3 aromatic carbocycles. The number of unbranched alkanes of at least 4 members (excludes halogenated alkanes) is 3. The van der Waals surface area contributed by atoms with Gasteiger partial charge in [-0.05, 0) is 128 Å². The fourth-order valence-electron chi connectivity index (χ4n) is 6.73. The molecule has 402 valence electrons. The van der Waals surface area contributed by atoms with Crippen LogP contribution < -0.4 is 0 Å². The third-order valence-electron chi connectivity index (χ3n) is 11.7. The van der Waals surface area contributed by atoms with Gasteiger partial charge >= 0.3 is 35.8 Å². The molecule has 0 radical (unpaired) electrons. The van der Waals surface area contributed by atoms with Crippen LogP contribution in [0.1, 0.15) is 222 Å². The Hall–Kier alpha value is -5.52. The Kier molecular flexibility index (Phi) is 34.2. The van der Waals surface area contributed by atoms with Crippen LogP contribution in [0.25, 0.3) is 0 Å². The summed E-state index contributed by atoms with van der Waals surface area (Å²) in [5.41, 5.74) is 2.71. The summed E-state index contributed by atoms with van der Waals surface area (Å²) in [6.45, 7) is 27.2. The number of rotatable bonds is 30. The maximum Gasteiger partial charge on any atom is 0.338 e. The normalized spacial score (nSPS) is 12.0. The molecule has 12 nitrogen and oxygen atoms in total. The minimum Gasteiger partial charge on any atom is -0.462 e. The maximum absolute atomic E-state index is 12.2. The molecule has 3 rings (SSSR count). The van der Waals surface area contributed by atoms with E-state index in [0.29, 0.717) is 109 Å². The maximum atomic E-state index is 12.2. The summed E-state index contributed by atoms with van der Waals surface area (Å²) in [6.07, 6.45) is 13.2. The molecular formula is C60H90O12. The summed E-state index contributed by atoms with van der Waals surface area (Å²) in [4.78, 5) is 71.8. The largest absolute Gasteiger partial charge is 0.462 e. The number of ether oxygens (including phenoxy) is 6. The van der Waals surface area contributed by atoms with Crippen molar-refractivity contribution in [2.24, 2.45) is 35.5 Å². The van der Waals surface area contributed by atoms with Gasteiger partial charge in [0.1, 0.15) is 0 Å². The fraction of sp³-hybridized carbons (Fsp3) is 0.600. The van der Waals surface area contributed by atoms with E-state index in [1.807, 2.05) is 41.5 Å². The van der Waals surface area contributed by atoms with Crippen molar-refractivity contribution in [3.8, 4) is 0 Å². The molecule has 0 saturated heterocycles. The molecule has 0 N–H and O–H groups in total. The van der Waals surface area contributed by atoms with Crippen LogP contribution in [0.5, 0.6) is 0 Å². The van der Waals surface area contributed by atoms with E-state index in [1.165, 1.54) is 0 Å². The van der Waals surface area contributed by atoms with E-state index in [9.17, 15) is 28.8 Å². The Balaban J connectivity index is 0.000000548. The predicted molar refractivity (Wildman–Crippen MR) is 285 cm³/mol. The van der Waals surface area contributed by atoms with Gasteiger partial charge in [0.15, 0.2) is 0 Å². The molecule has 0 spiro atoms. The zero-order chi connectivity index (χ0) is 53.8. The van der Waals surface area contributed by atoms with Gasteiger partial charge in [0.2, 0.25) is 0 Å². The lowest BCUT2D eigenvalue weighted by Crippen LogP contribution is -2.15. The number of carbonyl (C=O) groups excluding carboxylic acids is 6. The zero-order valence-corrected chi connectivity index (χ0v) is 46.0. The monoisotopic (exact) mass is 1000 g/mol. The van der Waals surface area contributed by atoms with Crippen LogP contribution in [-0.2, 0) is 28.4 Å². The van der Waals surface area contributed by atoms with Crippen molar-refractivity contribution >= 4 is 35.8 Å². The lowest BCUT2D eigenvalue weighted by atomic mass is 10.0. The highest BCUT2D eigenvalue weighted by molar-refractivity contribution is 5.95. The van der Waals surface area contributed by atoms with Gasteiger partial charge < -0.3 is 28.4 Å². The highest BCUT2D eigenvalue weighted by atomic mass is 16.6. The van der Waals surface area contributed by atoms with E-state index in [1.54, 1.807) is 72.8 Å². The molecule has 0 aliphatic heterocycles. The number of hydrogen-bond acceptors (Lipinski definition) is 12. The van der Waals surface area contributed by atoms with E-state index in [-0.39, 0.29) is 35.8 Å². The van der Waals surface area contributed by atoms with E-state index >= 15 is 0 Å². The predicted octanol–water partition coefficient (Wildman–Crippen LogP) is 14.6. The third-order valence-corrected chi connectivity index (χ3v) is 11.7. The molecule has 3 unspecified atom stereocenters. The van der Waals surface area contributed by atoms with Crippen molar-refractivity contribution < 1.29 is 57.2 Å². The quantitative estimate of drug-likeness (QED) is 0.0460. The highest BCUT2D eigenvalue weighted by Gasteiger charge is 2.17. The molecular weight excluding hydrogens is 913 g/mol.